The Kier molecular flexibility index (Phi) is 4.53. The molecule has 28 heavy (non-hydrogen) atoms. The van der Waals surface area contributed by atoms with Crippen molar-refractivity contribution in [1.82, 2.24) is 34.5 Å². The van der Waals surface area contributed by atoms with Crippen molar-refractivity contribution in [2.75, 3.05) is 5.75 Å². The number of aryl methyl sites for hydroxylation is 1. The zero-order valence-corrected chi connectivity index (χ0v) is 15.7. The number of aromatic nitrogens is 7. The number of thioether (sulfide) groups is 1. The Morgan fingerprint density at radius 3 is 2.71 bits per heavy atom. The highest BCUT2D eigenvalue weighted by Crippen LogP contribution is 2.32. The van der Waals surface area contributed by atoms with Gasteiger partial charge >= 0.3 is 6.18 Å². The SMILES string of the molecule is CCSc1ccc(-n2cncn2)nc1-n1nc2cc(C(F)(F)F)ncc2c1C. The van der Waals surface area contributed by atoms with Gasteiger partial charge in [0.25, 0.3) is 0 Å². The molecule has 11 heteroatoms. The third-order valence-corrected chi connectivity index (χ3v) is 4.98. The zero-order valence-electron chi connectivity index (χ0n) is 14.8. The molecular weight excluding hydrogens is 391 g/mol. The summed E-state index contributed by atoms with van der Waals surface area (Å²) in [6.07, 6.45) is -0.413. The summed E-state index contributed by atoms with van der Waals surface area (Å²) in [5.41, 5.74) is -0.116. The van der Waals surface area contributed by atoms with Crippen molar-refractivity contribution >= 4 is 22.7 Å². The van der Waals surface area contributed by atoms with E-state index in [-0.39, 0.29) is 5.52 Å². The molecule has 0 aliphatic heterocycles. The minimum atomic E-state index is -4.53. The maximum absolute atomic E-state index is 13.0. The molecule has 144 valence electrons. The van der Waals surface area contributed by atoms with Crippen LogP contribution in [0, 0.1) is 6.92 Å². The van der Waals surface area contributed by atoms with Crippen LogP contribution in [0.5, 0.6) is 0 Å². The molecule has 4 aromatic rings. The van der Waals surface area contributed by atoms with Gasteiger partial charge in [0.1, 0.15) is 18.3 Å². The van der Waals surface area contributed by atoms with Gasteiger partial charge in [0, 0.05) is 11.6 Å². The summed E-state index contributed by atoms with van der Waals surface area (Å²) in [4.78, 5) is 12.9. The van der Waals surface area contributed by atoms with Crippen LogP contribution in [0.4, 0.5) is 13.2 Å². The van der Waals surface area contributed by atoms with E-state index in [0.29, 0.717) is 22.7 Å². The normalized spacial score (nSPS) is 12.0. The van der Waals surface area contributed by atoms with Crippen LogP contribution >= 0.6 is 11.8 Å². The van der Waals surface area contributed by atoms with Crippen LogP contribution in [-0.4, -0.2) is 40.3 Å². The molecule has 0 radical (unpaired) electrons. The average Bonchev–Trinajstić information content (AvgIpc) is 3.30. The van der Waals surface area contributed by atoms with Crippen LogP contribution in [-0.2, 0) is 6.18 Å². The first-order valence-electron chi connectivity index (χ1n) is 8.30. The van der Waals surface area contributed by atoms with Crippen molar-refractivity contribution in [3.63, 3.8) is 0 Å². The summed E-state index contributed by atoms with van der Waals surface area (Å²) in [5, 5.41) is 8.99. The summed E-state index contributed by atoms with van der Waals surface area (Å²) in [5.74, 6) is 1.85. The standard InChI is InChI=1S/C17H14F3N7S/c1-3-28-13-4-5-15(26-9-21-8-23-26)24-16(13)27-10(2)11-7-22-14(17(18,19)20)6-12(11)25-27/h4-9H,3H2,1-2H3. The number of hydrogen-bond acceptors (Lipinski definition) is 6. The molecule has 0 aromatic carbocycles. The maximum atomic E-state index is 13.0. The number of halogens is 3. The third kappa shape index (κ3) is 3.21. The fraction of sp³-hybridized carbons (Fsp3) is 0.235. The van der Waals surface area contributed by atoms with Gasteiger partial charge in [-0.05, 0) is 30.9 Å². The fourth-order valence-electron chi connectivity index (χ4n) is 2.76. The maximum Gasteiger partial charge on any atom is 0.433 e. The van der Waals surface area contributed by atoms with Gasteiger partial charge in [-0.2, -0.15) is 23.4 Å². The third-order valence-electron chi connectivity index (χ3n) is 4.07. The van der Waals surface area contributed by atoms with E-state index in [4.69, 9.17) is 0 Å². The van der Waals surface area contributed by atoms with Gasteiger partial charge in [-0.25, -0.2) is 19.3 Å². The second-order valence-corrected chi connectivity index (χ2v) is 7.15. The lowest BCUT2D eigenvalue weighted by Gasteiger charge is -2.11. The smallest absolute Gasteiger partial charge is 0.251 e. The molecule has 0 aliphatic rings. The second kappa shape index (κ2) is 6.89. The van der Waals surface area contributed by atoms with E-state index in [1.54, 1.807) is 29.4 Å². The lowest BCUT2D eigenvalue weighted by atomic mass is 10.2. The molecule has 0 saturated carbocycles. The van der Waals surface area contributed by atoms with Gasteiger partial charge < -0.3 is 0 Å². The van der Waals surface area contributed by atoms with E-state index < -0.39 is 11.9 Å². The Morgan fingerprint density at radius 1 is 1.21 bits per heavy atom. The number of fused-ring (bicyclic) bond motifs is 1. The van der Waals surface area contributed by atoms with Gasteiger partial charge in [-0.3, -0.25) is 4.98 Å². The molecule has 0 spiro atoms. The van der Waals surface area contributed by atoms with Crippen LogP contribution in [0.15, 0.2) is 41.9 Å². The van der Waals surface area contributed by atoms with Crippen molar-refractivity contribution in [2.24, 2.45) is 0 Å². The van der Waals surface area contributed by atoms with Crippen LogP contribution < -0.4 is 0 Å². The van der Waals surface area contributed by atoms with Crippen LogP contribution in [0.2, 0.25) is 0 Å². The van der Waals surface area contributed by atoms with Gasteiger partial charge in [-0.1, -0.05) is 6.92 Å². The first-order valence-corrected chi connectivity index (χ1v) is 9.29. The molecule has 0 bridgehead atoms. The Morgan fingerprint density at radius 2 is 2.04 bits per heavy atom. The molecular formula is C17H14F3N7S. The van der Waals surface area contributed by atoms with E-state index in [1.165, 1.54) is 23.5 Å². The number of alkyl halides is 3. The van der Waals surface area contributed by atoms with E-state index in [2.05, 4.69) is 25.1 Å². The highest BCUT2D eigenvalue weighted by atomic mass is 32.2. The molecule has 0 aliphatic carbocycles. The molecule has 0 atom stereocenters. The van der Waals surface area contributed by atoms with Crippen molar-refractivity contribution in [1.29, 1.82) is 0 Å². The van der Waals surface area contributed by atoms with Crippen LogP contribution in [0.1, 0.15) is 18.3 Å². The fourth-order valence-corrected chi connectivity index (χ4v) is 3.50. The first-order chi connectivity index (χ1) is 13.4. The van der Waals surface area contributed by atoms with E-state index in [0.717, 1.165) is 16.7 Å². The van der Waals surface area contributed by atoms with Crippen molar-refractivity contribution in [2.45, 2.75) is 24.9 Å². The molecule has 0 unspecified atom stereocenters. The molecule has 0 N–H and O–H groups in total. The molecule has 4 rings (SSSR count). The Balaban J connectivity index is 1.90. The van der Waals surface area contributed by atoms with Crippen molar-refractivity contribution in [3.8, 4) is 11.6 Å². The molecule has 0 saturated heterocycles. The van der Waals surface area contributed by atoms with E-state index in [9.17, 15) is 13.2 Å². The van der Waals surface area contributed by atoms with Crippen molar-refractivity contribution < 1.29 is 13.2 Å². The summed E-state index contributed by atoms with van der Waals surface area (Å²) in [6.45, 7) is 3.78. The van der Waals surface area contributed by atoms with Crippen LogP contribution in [0.3, 0.4) is 0 Å². The molecule has 7 nitrogen and oxygen atoms in total. The number of pyridine rings is 2. The van der Waals surface area contributed by atoms with E-state index >= 15 is 0 Å². The lowest BCUT2D eigenvalue weighted by Crippen LogP contribution is -2.08. The number of nitrogens with zero attached hydrogens (tertiary/aromatic N) is 7. The number of hydrogen-bond donors (Lipinski definition) is 0. The largest absolute Gasteiger partial charge is 0.433 e. The van der Waals surface area contributed by atoms with Crippen LogP contribution in [0.25, 0.3) is 22.5 Å². The minimum Gasteiger partial charge on any atom is -0.251 e. The van der Waals surface area contributed by atoms with Gasteiger partial charge in [0.05, 0.1) is 16.1 Å². The summed E-state index contributed by atoms with van der Waals surface area (Å²) in [7, 11) is 0. The number of rotatable bonds is 4. The summed E-state index contributed by atoms with van der Waals surface area (Å²) >= 11 is 1.56. The topological polar surface area (TPSA) is 74.3 Å². The predicted octanol–water partition coefficient (Wildman–Crippen LogP) is 3.84. The zero-order chi connectivity index (χ0) is 19.9. The quantitative estimate of drug-likeness (QED) is 0.481. The van der Waals surface area contributed by atoms with Crippen molar-refractivity contribution in [3.05, 3.63) is 48.4 Å². The van der Waals surface area contributed by atoms with Gasteiger partial charge in [0.2, 0.25) is 0 Å². The first kappa shape index (κ1) is 18.4. The van der Waals surface area contributed by atoms with Gasteiger partial charge in [-0.15, -0.1) is 11.8 Å². The monoisotopic (exact) mass is 405 g/mol. The lowest BCUT2D eigenvalue weighted by molar-refractivity contribution is -0.141. The van der Waals surface area contributed by atoms with E-state index in [1.807, 2.05) is 13.0 Å². The average molecular weight is 405 g/mol. The molecule has 4 heterocycles. The Labute approximate surface area is 161 Å². The molecule has 0 fully saturated rings. The predicted molar refractivity (Wildman–Crippen MR) is 97.7 cm³/mol. The second-order valence-electron chi connectivity index (χ2n) is 5.85. The molecule has 4 aromatic heterocycles. The van der Waals surface area contributed by atoms with Gasteiger partial charge in [0.15, 0.2) is 11.6 Å². The highest BCUT2D eigenvalue weighted by Gasteiger charge is 2.33. The Hall–Kier alpha value is -2.95. The minimum absolute atomic E-state index is 0.209. The summed E-state index contributed by atoms with van der Waals surface area (Å²) in [6, 6.07) is 4.64. The Bertz CT molecular complexity index is 1140. The molecule has 0 amide bonds. The highest BCUT2D eigenvalue weighted by molar-refractivity contribution is 7.99. The summed E-state index contributed by atoms with van der Waals surface area (Å²) < 4.78 is 42.0.